The highest BCUT2D eigenvalue weighted by molar-refractivity contribution is 7.80. The summed E-state index contributed by atoms with van der Waals surface area (Å²) < 4.78 is 0. The minimum Gasteiger partial charge on any atom is -0.465 e. The van der Waals surface area contributed by atoms with Crippen LogP contribution in [-0.4, -0.2) is 39.2 Å². The Hall–Kier alpha value is -2.68. The van der Waals surface area contributed by atoms with E-state index in [9.17, 15) is 14.9 Å². The van der Waals surface area contributed by atoms with E-state index >= 15 is 0 Å². The van der Waals surface area contributed by atoms with E-state index in [1.54, 1.807) is 12.1 Å². The van der Waals surface area contributed by atoms with Crippen molar-refractivity contribution in [1.82, 2.24) is 15.6 Å². The number of nitro groups is 1. The van der Waals surface area contributed by atoms with Gasteiger partial charge in [-0.25, -0.2) is 4.79 Å². The lowest BCUT2D eigenvalue weighted by Gasteiger charge is -2.05. The van der Waals surface area contributed by atoms with Gasteiger partial charge in [-0.15, -0.1) is 0 Å². The molecule has 2 rings (SSSR count). The van der Waals surface area contributed by atoms with Crippen molar-refractivity contribution in [3.63, 3.8) is 0 Å². The van der Waals surface area contributed by atoms with Crippen LogP contribution in [0, 0.1) is 10.1 Å². The molecule has 0 spiro atoms. The Balaban J connectivity index is 2.06. The van der Waals surface area contributed by atoms with E-state index in [1.807, 2.05) is 0 Å². The molecule has 0 fully saturated rings. The van der Waals surface area contributed by atoms with E-state index < -0.39 is 11.0 Å². The van der Waals surface area contributed by atoms with Crippen LogP contribution in [0.25, 0.3) is 10.9 Å². The van der Waals surface area contributed by atoms with Gasteiger partial charge in [-0.1, -0.05) is 12.2 Å². The van der Waals surface area contributed by atoms with Crippen molar-refractivity contribution in [2.45, 2.75) is 0 Å². The van der Waals surface area contributed by atoms with E-state index in [1.165, 1.54) is 12.1 Å². The van der Waals surface area contributed by atoms with Gasteiger partial charge in [0.15, 0.2) is 0 Å². The van der Waals surface area contributed by atoms with E-state index in [-0.39, 0.29) is 12.2 Å². The molecule has 0 aliphatic carbocycles. The van der Waals surface area contributed by atoms with Crippen molar-refractivity contribution >= 4 is 39.9 Å². The summed E-state index contributed by atoms with van der Waals surface area (Å²) in [6.07, 6.45) is -1.10. The highest BCUT2D eigenvalue weighted by atomic mass is 32.1. The summed E-state index contributed by atoms with van der Waals surface area (Å²) in [4.78, 5) is 23.9. The molecule has 9 heteroatoms. The molecular formula is C12H12N4O4S. The largest absolute Gasteiger partial charge is 0.465 e. The Bertz CT molecular complexity index is 712. The van der Waals surface area contributed by atoms with Crippen molar-refractivity contribution in [2.24, 2.45) is 0 Å². The summed E-state index contributed by atoms with van der Waals surface area (Å²) in [5, 5.41) is 25.1. The zero-order chi connectivity index (χ0) is 15.4. The summed E-state index contributed by atoms with van der Waals surface area (Å²) in [5.74, 6) is 0. The molecule has 1 aromatic heterocycles. The van der Waals surface area contributed by atoms with Gasteiger partial charge >= 0.3 is 6.09 Å². The molecule has 8 nitrogen and oxygen atoms in total. The first-order chi connectivity index (χ1) is 9.97. The van der Waals surface area contributed by atoms with Crippen molar-refractivity contribution in [1.29, 1.82) is 0 Å². The number of nitrogens with zero attached hydrogens (tertiary/aromatic N) is 1. The zero-order valence-electron chi connectivity index (χ0n) is 10.8. The van der Waals surface area contributed by atoms with Crippen LogP contribution in [-0.2, 0) is 0 Å². The minimum absolute atomic E-state index is 0.000403. The number of nitro benzene ring substituents is 1. The Labute approximate surface area is 124 Å². The molecule has 0 unspecified atom stereocenters. The number of thiocarbonyl (C=S) groups is 1. The molecule has 1 aromatic carbocycles. The van der Waals surface area contributed by atoms with Gasteiger partial charge in [-0.05, 0) is 12.1 Å². The van der Waals surface area contributed by atoms with E-state index in [2.05, 4.69) is 15.6 Å². The molecule has 0 atom stereocenters. The molecule has 0 aliphatic heterocycles. The summed E-state index contributed by atoms with van der Waals surface area (Å²) in [5.41, 5.74) is 1.24. The number of nitrogens with one attached hydrogen (secondary N) is 3. The maximum Gasteiger partial charge on any atom is 0.404 e. The van der Waals surface area contributed by atoms with Crippen LogP contribution >= 0.6 is 12.2 Å². The molecule has 0 aliphatic rings. The number of non-ortho nitro benzene ring substituents is 1. The van der Waals surface area contributed by atoms with Gasteiger partial charge in [-0.3, -0.25) is 10.1 Å². The standard InChI is InChI=1S/C12H12N4O4S/c17-12(18)14-4-3-13-11(21)10-5-7-1-2-8(16(19)20)6-9(7)15-10/h1-2,5-6,14-15H,3-4H2,(H,13,21)(H,17,18). The number of hydrogen-bond acceptors (Lipinski definition) is 4. The fraction of sp³-hybridized carbons (Fsp3) is 0.167. The maximum atomic E-state index is 10.7. The molecule has 1 heterocycles. The second kappa shape index (κ2) is 6.18. The zero-order valence-corrected chi connectivity index (χ0v) is 11.6. The van der Waals surface area contributed by atoms with Crippen molar-refractivity contribution in [2.75, 3.05) is 13.1 Å². The number of carbonyl (C=O) groups is 1. The number of carboxylic acid groups (broad SMARTS) is 1. The predicted octanol–water partition coefficient (Wildman–Crippen LogP) is 1.61. The van der Waals surface area contributed by atoms with Gasteiger partial charge in [0.05, 0.1) is 16.1 Å². The maximum absolute atomic E-state index is 10.7. The summed E-state index contributed by atoms with van der Waals surface area (Å²) in [7, 11) is 0. The topological polar surface area (TPSA) is 120 Å². The van der Waals surface area contributed by atoms with Crippen LogP contribution in [0.2, 0.25) is 0 Å². The Morgan fingerprint density at radius 3 is 2.71 bits per heavy atom. The number of aromatic amines is 1. The van der Waals surface area contributed by atoms with Crippen molar-refractivity contribution in [3.05, 3.63) is 40.1 Å². The van der Waals surface area contributed by atoms with E-state index in [4.69, 9.17) is 17.3 Å². The van der Waals surface area contributed by atoms with Crippen molar-refractivity contribution < 1.29 is 14.8 Å². The lowest BCUT2D eigenvalue weighted by molar-refractivity contribution is -0.384. The summed E-state index contributed by atoms with van der Waals surface area (Å²) in [6.45, 7) is 0.571. The number of hydrogen-bond donors (Lipinski definition) is 4. The first-order valence-corrected chi connectivity index (χ1v) is 6.40. The molecule has 4 N–H and O–H groups in total. The van der Waals surface area contributed by atoms with Gasteiger partial charge in [0, 0.05) is 30.6 Å². The molecule has 0 saturated carbocycles. The molecule has 1 amide bonds. The third-order valence-corrected chi connectivity index (χ3v) is 3.11. The highest BCUT2D eigenvalue weighted by Crippen LogP contribution is 2.21. The molecule has 110 valence electrons. The van der Waals surface area contributed by atoms with Crippen LogP contribution in [0.5, 0.6) is 0 Å². The molecule has 0 saturated heterocycles. The fourth-order valence-corrected chi connectivity index (χ4v) is 2.00. The second-order valence-electron chi connectivity index (χ2n) is 4.20. The second-order valence-corrected chi connectivity index (χ2v) is 4.61. The molecule has 0 bridgehead atoms. The quantitative estimate of drug-likeness (QED) is 0.288. The van der Waals surface area contributed by atoms with Gasteiger partial charge in [-0.2, -0.15) is 0 Å². The van der Waals surface area contributed by atoms with Crippen LogP contribution in [0.4, 0.5) is 10.5 Å². The first kappa shape index (κ1) is 14.7. The molecule has 2 aromatic rings. The normalized spacial score (nSPS) is 10.3. The van der Waals surface area contributed by atoms with E-state index in [0.29, 0.717) is 22.7 Å². The molecule has 21 heavy (non-hydrogen) atoms. The number of fused-ring (bicyclic) bond motifs is 1. The Morgan fingerprint density at radius 1 is 1.33 bits per heavy atom. The predicted molar refractivity (Wildman–Crippen MR) is 80.7 cm³/mol. The number of aromatic nitrogens is 1. The number of amides is 1. The third-order valence-electron chi connectivity index (χ3n) is 2.75. The lowest BCUT2D eigenvalue weighted by Crippen LogP contribution is -2.33. The molecule has 0 radical (unpaired) electrons. The van der Waals surface area contributed by atoms with Crippen molar-refractivity contribution in [3.8, 4) is 0 Å². The average Bonchev–Trinajstić information content (AvgIpc) is 2.85. The third kappa shape index (κ3) is 3.66. The van der Waals surface area contributed by atoms with Crippen LogP contribution in [0.15, 0.2) is 24.3 Å². The van der Waals surface area contributed by atoms with Crippen LogP contribution in [0.1, 0.15) is 5.69 Å². The number of benzene rings is 1. The van der Waals surface area contributed by atoms with Crippen LogP contribution < -0.4 is 10.6 Å². The monoisotopic (exact) mass is 308 g/mol. The smallest absolute Gasteiger partial charge is 0.404 e. The van der Waals surface area contributed by atoms with Gasteiger partial charge < -0.3 is 20.7 Å². The van der Waals surface area contributed by atoms with Gasteiger partial charge in [0.25, 0.3) is 5.69 Å². The number of rotatable bonds is 5. The summed E-state index contributed by atoms with van der Waals surface area (Å²) >= 11 is 5.17. The fourth-order valence-electron chi connectivity index (χ4n) is 1.79. The Kier molecular flexibility index (Phi) is 4.33. The first-order valence-electron chi connectivity index (χ1n) is 5.99. The van der Waals surface area contributed by atoms with Crippen LogP contribution in [0.3, 0.4) is 0 Å². The van der Waals surface area contributed by atoms with E-state index in [0.717, 1.165) is 5.39 Å². The van der Waals surface area contributed by atoms with Gasteiger partial charge in [0.2, 0.25) is 0 Å². The summed E-state index contributed by atoms with van der Waals surface area (Å²) in [6, 6.07) is 6.28. The number of H-pyrrole nitrogens is 1. The lowest BCUT2D eigenvalue weighted by atomic mass is 10.2. The highest BCUT2D eigenvalue weighted by Gasteiger charge is 2.10. The Morgan fingerprint density at radius 2 is 2.05 bits per heavy atom. The average molecular weight is 308 g/mol. The van der Waals surface area contributed by atoms with Gasteiger partial charge in [0.1, 0.15) is 4.99 Å². The molecular weight excluding hydrogens is 296 g/mol. The SMILES string of the molecule is O=C(O)NCCNC(=S)c1cc2ccc([N+](=O)[O-])cc2[nH]1. The minimum atomic E-state index is -1.10.